The lowest BCUT2D eigenvalue weighted by molar-refractivity contribution is 0.203. The van der Waals surface area contributed by atoms with Crippen LogP contribution in [-0.2, 0) is 19.5 Å². The van der Waals surface area contributed by atoms with Gasteiger partial charge in [-0.15, -0.1) is 10.2 Å². The first-order chi connectivity index (χ1) is 12.8. The van der Waals surface area contributed by atoms with Crippen molar-refractivity contribution in [2.24, 2.45) is 10.4 Å². The first-order valence-electron chi connectivity index (χ1n) is 10.7. The van der Waals surface area contributed by atoms with Gasteiger partial charge in [-0.2, -0.15) is 0 Å². The van der Waals surface area contributed by atoms with Gasteiger partial charge in [-0.3, -0.25) is 0 Å². The van der Waals surface area contributed by atoms with Crippen LogP contribution in [0.3, 0.4) is 0 Å². The molecule has 0 radical (unpaired) electrons. The van der Waals surface area contributed by atoms with Gasteiger partial charge in [-0.25, -0.2) is 4.99 Å². The lowest BCUT2D eigenvalue weighted by atomic mass is 9.73. The van der Waals surface area contributed by atoms with E-state index in [1.807, 2.05) is 0 Å². The predicted molar refractivity (Wildman–Crippen MR) is 104 cm³/mol. The van der Waals surface area contributed by atoms with E-state index in [9.17, 15) is 0 Å². The smallest absolute Gasteiger partial charge is 0.194 e. The maximum Gasteiger partial charge on any atom is 0.194 e. The maximum absolute atomic E-state index is 4.96. The molecular formula is C20H34N6. The van der Waals surface area contributed by atoms with Crippen molar-refractivity contribution in [3.63, 3.8) is 0 Å². The van der Waals surface area contributed by atoms with E-state index in [4.69, 9.17) is 4.99 Å². The Morgan fingerprint density at radius 2 is 1.88 bits per heavy atom. The highest BCUT2D eigenvalue weighted by Gasteiger charge is 2.39. The average molecular weight is 359 g/mol. The highest BCUT2D eigenvalue weighted by Crippen LogP contribution is 2.43. The number of aromatic nitrogens is 3. The second-order valence-corrected chi connectivity index (χ2v) is 8.40. The van der Waals surface area contributed by atoms with Crippen molar-refractivity contribution in [2.45, 2.75) is 84.2 Å². The molecule has 1 saturated carbocycles. The van der Waals surface area contributed by atoms with E-state index >= 15 is 0 Å². The minimum atomic E-state index is 0.556. The van der Waals surface area contributed by atoms with Crippen LogP contribution in [0.25, 0.3) is 0 Å². The minimum absolute atomic E-state index is 0.556. The number of hydrogen-bond acceptors (Lipinski definition) is 3. The molecule has 3 aliphatic rings. The lowest BCUT2D eigenvalue weighted by Gasteiger charge is -2.33. The fraction of sp³-hybridized carbons (Fsp3) is 0.850. The zero-order valence-electron chi connectivity index (χ0n) is 16.3. The zero-order valence-corrected chi connectivity index (χ0v) is 16.3. The standard InChI is InChI=1S/C20H34N6/c1-2-21-19(25-14-12-20(16-25)10-6-4-7-11-20)22-15-18-24-23-17-9-5-3-8-13-26(17)18/h2-16H2,1H3,(H,21,22). The minimum Gasteiger partial charge on any atom is -0.357 e. The van der Waals surface area contributed by atoms with Crippen molar-refractivity contribution in [1.82, 2.24) is 25.0 Å². The van der Waals surface area contributed by atoms with Crippen LogP contribution >= 0.6 is 0 Å². The summed E-state index contributed by atoms with van der Waals surface area (Å²) < 4.78 is 2.31. The Balaban J connectivity index is 1.46. The van der Waals surface area contributed by atoms with Crippen molar-refractivity contribution in [3.8, 4) is 0 Å². The molecule has 6 heteroatoms. The predicted octanol–water partition coefficient (Wildman–Crippen LogP) is 3.13. The van der Waals surface area contributed by atoms with Gasteiger partial charge in [-0.05, 0) is 44.4 Å². The van der Waals surface area contributed by atoms with Gasteiger partial charge in [0, 0.05) is 32.6 Å². The Labute approximate surface area is 157 Å². The average Bonchev–Trinajstić information content (AvgIpc) is 3.16. The summed E-state index contributed by atoms with van der Waals surface area (Å²) >= 11 is 0. The number of likely N-dealkylation sites (tertiary alicyclic amines) is 1. The van der Waals surface area contributed by atoms with Gasteiger partial charge < -0.3 is 14.8 Å². The molecule has 0 unspecified atom stereocenters. The van der Waals surface area contributed by atoms with E-state index < -0.39 is 0 Å². The summed E-state index contributed by atoms with van der Waals surface area (Å²) in [6.07, 6.45) is 13.2. The molecule has 4 rings (SSSR count). The Bertz CT molecular complexity index is 628. The summed E-state index contributed by atoms with van der Waals surface area (Å²) in [7, 11) is 0. The van der Waals surface area contributed by atoms with E-state index in [0.29, 0.717) is 12.0 Å². The Hall–Kier alpha value is -1.59. The second kappa shape index (κ2) is 7.97. The maximum atomic E-state index is 4.96. The summed E-state index contributed by atoms with van der Waals surface area (Å²) in [5.74, 6) is 3.25. The Kier molecular flexibility index (Phi) is 5.46. The van der Waals surface area contributed by atoms with Crippen LogP contribution in [0.15, 0.2) is 4.99 Å². The van der Waals surface area contributed by atoms with E-state index in [0.717, 1.165) is 43.7 Å². The lowest BCUT2D eigenvalue weighted by Crippen LogP contribution is -2.41. The van der Waals surface area contributed by atoms with Gasteiger partial charge >= 0.3 is 0 Å². The van der Waals surface area contributed by atoms with E-state index in [2.05, 4.69) is 31.9 Å². The summed E-state index contributed by atoms with van der Waals surface area (Å²) in [4.78, 5) is 7.46. The SMILES string of the molecule is CCNC(=NCc1nnc2n1CCCCC2)N1CCC2(CCCCC2)C1. The molecule has 1 aromatic heterocycles. The molecule has 26 heavy (non-hydrogen) atoms. The Morgan fingerprint density at radius 3 is 2.73 bits per heavy atom. The van der Waals surface area contributed by atoms with Crippen LogP contribution in [0.2, 0.25) is 0 Å². The number of guanidine groups is 1. The van der Waals surface area contributed by atoms with Crippen LogP contribution in [-0.4, -0.2) is 45.3 Å². The quantitative estimate of drug-likeness (QED) is 0.666. The molecule has 1 N–H and O–H groups in total. The first kappa shape index (κ1) is 17.8. The zero-order chi connectivity index (χ0) is 17.8. The van der Waals surface area contributed by atoms with Crippen molar-refractivity contribution >= 4 is 5.96 Å². The highest BCUT2D eigenvalue weighted by atomic mass is 15.3. The number of hydrogen-bond donors (Lipinski definition) is 1. The topological polar surface area (TPSA) is 58.3 Å². The molecule has 2 aliphatic heterocycles. The molecule has 1 aromatic rings. The Morgan fingerprint density at radius 1 is 1.04 bits per heavy atom. The van der Waals surface area contributed by atoms with Crippen LogP contribution in [0, 0.1) is 5.41 Å². The summed E-state index contributed by atoms with van der Waals surface area (Å²) in [6.45, 7) is 7.08. The molecule has 0 bridgehead atoms. The molecule has 1 spiro atoms. The van der Waals surface area contributed by atoms with Crippen molar-refractivity contribution < 1.29 is 0 Å². The van der Waals surface area contributed by atoms with Crippen LogP contribution < -0.4 is 5.32 Å². The van der Waals surface area contributed by atoms with Gasteiger partial charge in [0.05, 0.1) is 0 Å². The third-order valence-corrected chi connectivity index (χ3v) is 6.54. The monoisotopic (exact) mass is 358 g/mol. The molecule has 0 aromatic carbocycles. The van der Waals surface area contributed by atoms with Crippen LogP contribution in [0.1, 0.15) is 76.4 Å². The van der Waals surface area contributed by atoms with Crippen LogP contribution in [0.5, 0.6) is 0 Å². The largest absolute Gasteiger partial charge is 0.357 e. The van der Waals surface area contributed by atoms with Gasteiger partial charge in [0.1, 0.15) is 12.4 Å². The van der Waals surface area contributed by atoms with Gasteiger partial charge in [0.15, 0.2) is 11.8 Å². The molecule has 1 aliphatic carbocycles. The molecule has 2 fully saturated rings. The summed E-state index contributed by atoms with van der Waals surface area (Å²) in [6, 6.07) is 0. The van der Waals surface area contributed by atoms with E-state index in [1.165, 1.54) is 64.3 Å². The molecule has 144 valence electrons. The number of fused-ring (bicyclic) bond motifs is 1. The number of aliphatic imine (C=N–C) groups is 1. The number of aryl methyl sites for hydroxylation is 1. The fourth-order valence-corrected chi connectivity index (χ4v) is 5.06. The summed E-state index contributed by atoms with van der Waals surface area (Å²) in [5, 5.41) is 12.4. The van der Waals surface area contributed by atoms with Gasteiger partial charge in [0.2, 0.25) is 0 Å². The first-order valence-corrected chi connectivity index (χ1v) is 10.7. The molecule has 0 amide bonds. The number of nitrogens with one attached hydrogen (secondary N) is 1. The fourth-order valence-electron chi connectivity index (χ4n) is 5.06. The normalized spacial score (nSPS) is 23.1. The van der Waals surface area contributed by atoms with Gasteiger partial charge in [0.25, 0.3) is 0 Å². The molecule has 1 saturated heterocycles. The third kappa shape index (κ3) is 3.74. The van der Waals surface area contributed by atoms with Crippen molar-refractivity contribution in [2.75, 3.05) is 19.6 Å². The van der Waals surface area contributed by atoms with Crippen molar-refractivity contribution in [3.05, 3.63) is 11.6 Å². The third-order valence-electron chi connectivity index (χ3n) is 6.54. The molecule has 6 nitrogen and oxygen atoms in total. The number of nitrogens with zero attached hydrogens (tertiary/aromatic N) is 5. The van der Waals surface area contributed by atoms with Gasteiger partial charge in [-0.1, -0.05) is 25.7 Å². The second-order valence-electron chi connectivity index (χ2n) is 8.40. The van der Waals surface area contributed by atoms with Crippen molar-refractivity contribution in [1.29, 1.82) is 0 Å². The summed E-state index contributed by atoms with van der Waals surface area (Å²) in [5.41, 5.74) is 0.556. The molecule has 3 heterocycles. The molecule has 0 atom stereocenters. The highest BCUT2D eigenvalue weighted by molar-refractivity contribution is 5.80. The van der Waals surface area contributed by atoms with E-state index in [1.54, 1.807) is 0 Å². The molecular weight excluding hydrogens is 324 g/mol. The number of rotatable bonds is 3. The van der Waals surface area contributed by atoms with Crippen LogP contribution in [0.4, 0.5) is 0 Å². The van der Waals surface area contributed by atoms with E-state index in [-0.39, 0.29) is 0 Å².